The molecule has 1 radical (unpaired) electrons. The Kier molecular flexibility index (Phi) is 2.93. The van der Waals surface area contributed by atoms with E-state index < -0.39 is 0 Å². The van der Waals surface area contributed by atoms with Gasteiger partial charge in [-0.1, -0.05) is 72.8 Å². The van der Waals surface area contributed by atoms with Gasteiger partial charge in [0.05, 0.1) is 0 Å². The van der Waals surface area contributed by atoms with Gasteiger partial charge in [0.15, 0.2) is 0 Å². The van der Waals surface area contributed by atoms with Crippen molar-refractivity contribution in [2.45, 2.75) is 0 Å². The van der Waals surface area contributed by atoms with Crippen LogP contribution >= 0.6 is 0 Å². The largest absolute Gasteiger partial charge is 0.0616 e. The second-order valence-corrected chi connectivity index (χ2v) is 4.26. The summed E-state index contributed by atoms with van der Waals surface area (Å²) in [7, 11) is 0. The van der Waals surface area contributed by atoms with Crippen LogP contribution in [0.1, 0.15) is 11.1 Å². The van der Waals surface area contributed by atoms with Crippen molar-refractivity contribution in [1.82, 2.24) is 0 Å². The van der Waals surface area contributed by atoms with Gasteiger partial charge in [0.1, 0.15) is 0 Å². The average molecular weight is 229 g/mol. The molecule has 0 nitrogen and oxygen atoms in total. The van der Waals surface area contributed by atoms with Crippen LogP contribution in [-0.4, -0.2) is 0 Å². The third-order valence-corrected chi connectivity index (χ3v) is 2.96. The minimum Gasteiger partial charge on any atom is -0.0616 e. The van der Waals surface area contributed by atoms with Gasteiger partial charge in [-0.15, -0.1) is 0 Å². The quantitative estimate of drug-likeness (QED) is 0.553. The highest BCUT2D eigenvalue weighted by Crippen LogP contribution is 2.17. The lowest BCUT2D eigenvalue weighted by molar-refractivity contribution is 1.64. The zero-order valence-corrected chi connectivity index (χ0v) is 10.0. The smallest absolute Gasteiger partial charge is 0.0105 e. The number of benzene rings is 3. The first-order valence-corrected chi connectivity index (χ1v) is 6.05. The standard InChI is InChI=1S/C18H13/c1-2-6-15(7-3-1)10-11-16-12-13-17-8-4-5-9-18(17)14-16/h1-6,8-14H. The van der Waals surface area contributed by atoms with Crippen LogP contribution in [0.2, 0.25) is 0 Å². The van der Waals surface area contributed by atoms with Gasteiger partial charge in [-0.25, -0.2) is 0 Å². The molecule has 0 saturated heterocycles. The molecule has 0 aliphatic carbocycles. The third-order valence-electron chi connectivity index (χ3n) is 2.96. The topological polar surface area (TPSA) is 0 Å². The Labute approximate surface area is 107 Å². The fourth-order valence-electron chi connectivity index (χ4n) is 2.01. The Morgan fingerprint density at radius 2 is 1.56 bits per heavy atom. The molecule has 0 N–H and O–H groups in total. The SMILES string of the molecule is [c]1ccccc1C=Cc1ccc2ccccc2c1. The maximum absolute atomic E-state index is 3.19. The first-order valence-electron chi connectivity index (χ1n) is 6.05. The molecule has 0 heterocycles. The summed E-state index contributed by atoms with van der Waals surface area (Å²) in [5.41, 5.74) is 2.32. The van der Waals surface area contributed by atoms with Crippen molar-refractivity contribution in [3.8, 4) is 0 Å². The summed E-state index contributed by atoms with van der Waals surface area (Å²) >= 11 is 0. The van der Waals surface area contributed by atoms with Crippen molar-refractivity contribution < 1.29 is 0 Å². The van der Waals surface area contributed by atoms with Gasteiger partial charge in [0.25, 0.3) is 0 Å². The van der Waals surface area contributed by atoms with E-state index in [2.05, 4.69) is 66.7 Å². The van der Waals surface area contributed by atoms with E-state index >= 15 is 0 Å². The monoisotopic (exact) mass is 229 g/mol. The van der Waals surface area contributed by atoms with Crippen molar-refractivity contribution >= 4 is 22.9 Å². The second kappa shape index (κ2) is 4.89. The lowest BCUT2D eigenvalue weighted by Gasteiger charge is -1.99. The third kappa shape index (κ3) is 2.33. The van der Waals surface area contributed by atoms with E-state index in [1.54, 1.807) is 0 Å². The molecule has 0 aliphatic rings. The Morgan fingerprint density at radius 1 is 0.722 bits per heavy atom. The zero-order chi connectivity index (χ0) is 12.2. The molecule has 0 bridgehead atoms. The van der Waals surface area contributed by atoms with Gasteiger partial charge in [-0.3, -0.25) is 0 Å². The van der Waals surface area contributed by atoms with Gasteiger partial charge in [-0.2, -0.15) is 0 Å². The summed E-state index contributed by atoms with van der Waals surface area (Å²) in [5, 5.41) is 2.55. The molecular formula is C18H13. The highest BCUT2D eigenvalue weighted by Gasteiger charge is 1.92. The molecular weight excluding hydrogens is 216 g/mol. The molecule has 18 heavy (non-hydrogen) atoms. The summed E-state index contributed by atoms with van der Waals surface area (Å²) in [6.07, 6.45) is 4.21. The zero-order valence-electron chi connectivity index (χ0n) is 10.0. The first-order chi connectivity index (χ1) is 8.92. The molecule has 0 heteroatoms. The Balaban J connectivity index is 1.93. The van der Waals surface area contributed by atoms with Crippen molar-refractivity contribution in [2.75, 3.05) is 0 Å². The maximum atomic E-state index is 3.19. The molecule has 0 spiro atoms. The maximum Gasteiger partial charge on any atom is -0.0105 e. The van der Waals surface area contributed by atoms with Crippen LogP contribution in [0, 0.1) is 6.07 Å². The molecule has 0 aliphatic heterocycles. The van der Waals surface area contributed by atoms with E-state index in [4.69, 9.17) is 0 Å². The number of fused-ring (bicyclic) bond motifs is 1. The Morgan fingerprint density at radius 3 is 2.39 bits per heavy atom. The summed E-state index contributed by atoms with van der Waals surface area (Å²) in [6, 6.07) is 26.1. The average Bonchev–Trinajstić information content (AvgIpc) is 2.46. The van der Waals surface area contributed by atoms with E-state index in [1.165, 1.54) is 16.3 Å². The van der Waals surface area contributed by atoms with Crippen molar-refractivity contribution in [1.29, 1.82) is 0 Å². The molecule has 3 aromatic carbocycles. The van der Waals surface area contributed by atoms with Crippen LogP contribution in [0.15, 0.2) is 66.7 Å². The molecule has 0 fully saturated rings. The van der Waals surface area contributed by atoms with Crippen LogP contribution < -0.4 is 0 Å². The van der Waals surface area contributed by atoms with Gasteiger partial charge < -0.3 is 0 Å². The van der Waals surface area contributed by atoms with Gasteiger partial charge >= 0.3 is 0 Å². The van der Waals surface area contributed by atoms with Gasteiger partial charge in [-0.05, 0) is 34.0 Å². The summed E-state index contributed by atoms with van der Waals surface area (Å²) < 4.78 is 0. The molecule has 0 aromatic heterocycles. The minimum atomic E-state index is 1.10. The van der Waals surface area contributed by atoms with Crippen LogP contribution in [0.3, 0.4) is 0 Å². The van der Waals surface area contributed by atoms with E-state index in [0.717, 1.165) is 5.56 Å². The van der Waals surface area contributed by atoms with Crippen LogP contribution in [0.25, 0.3) is 22.9 Å². The molecule has 0 amide bonds. The van der Waals surface area contributed by atoms with Gasteiger partial charge in [0, 0.05) is 0 Å². The molecule has 3 aromatic rings. The van der Waals surface area contributed by atoms with Gasteiger partial charge in [0.2, 0.25) is 0 Å². The number of hydrogen-bond acceptors (Lipinski definition) is 0. The van der Waals surface area contributed by atoms with Crippen LogP contribution in [0.5, 0.6) is 0 Å². The van der Waals surface area contributed by atoms with Crippen molar-refractivity contribution in [3.05, 3.63) is 83.9 Å². The fraction of sp³-hybridized carbons (Fsp3) is 0. The molecule has 3 rings (SSSR count). The van der Waals surface area contributed by atoms with Crippen LogP contribution in [0.4, 0.5) is 0 Å². The highest BCUT2D eigenvalue weighted by atomic mass is 14.0. The van der Waals surface area contributed by atoms with E-state index in [1.807, 2.05) is 18.2 Å². The lowest BCUT2D eigenvalue weighted by Crippen LogP contribution is -1.75. The first kappa shape index (κ1) is 10.8. The summed E-state index contributed by atoms with van der Waals surface area (Å²) in [5.74, 6) is 0. The second-order valence-electron chi connectivity index (χ2n) is 4.26. The predicted molar refractivity (Wildman–Crippen MR) is 78.2 cm³/mol. The summed E-state index contributed by atoms with van der Waals surface area (Å²) in [6.45, 7) is 0. The Hall–Kier alpha value is -2.34. The van der Waals surface area contributed by atoms with Crippen molar-refractivity contribution in [3.63, 3.8) is 0 Å². The van der Waals surface area contributed by atoms with E-state index in [9.17, 15) is 0 Å². The normalized spacial score (nSPS) is 11.1. The molecule has 0 saturated carbocycles. The van der Waals surface area contributed by atoms with E-state index in [-0.39, 0.29) is 0 Å². The Bertz CT molecular complexity index is 678. The predicted octanol–water partition coefficient (Wildman–Crippen LogP) is 4.81. The van der Waals surface area contributed by atoms with E-state index in [0.29, 0.717) is 0 Å². The molecule has 0 unspecified atom stereocenters. The molecule has 85 valence electrons. The van der Waals surface area contributed by atoms with Crippen molar-refractivity contribution in [2.24, 2.45) is 0 Å². The molecule has 0 atom stereocenters. The van der Waals surface area contributed by atoms with Crippen LogP contribution in [-0.2, 0) is 0 Å². The lowest BCUT2D eigenvalue weighted by atomic mass is 10.1. The number of hydrogen-bond donors (Lipinski definition) is 0. The highest BCUT2D eigenvalue weighted by molar-refractivity contribution is 5.85. The summed E-state index contributed by atoms with van der Waals surface area (Å²) in [4.78, 5) is 0. The fourth-order valence-corrected chi connectivity index (χ4v) is 2.01. The number of rotatable bonds is 2. The minimum absolute atomic E-state index is 1.10.